The molecule has 0 amide bonds. The number of aromatic amines is 1. The Morgan fingerprint density at radius 2 is 1.83 bits per heavy atom. The largest absolute Gasteiger partial charge is 0.509 e. The van der Waals surface area contributed by atoms with Gasteiger partial charge in [-0.15, -0.1) is 0 Å². The molecule has 0 saturated carbocycles. The third kappa shape index (κ3) is 3.19. The minimum absolute atomic E-state index is 0.0257. The smallest absolute Gasteiger partial charge is 0.145 e. The van der Waals surface area contributed by atoms with Crippen molar-refractivity contribution >= 4 is 45.4 Å². The van der Waals surface area contributed by atoms with Gasteiger partial charge in [0.15, 0.2) is 0 Å². The summed E-state index contributed by atoms with van der Waals surface area (Å²) < 4.78 is 13.5. The van der Waals surface area contributed by atoms with Gasteiger partial charge < -0.3 is 19.9 Å². The minimum Gasteiger partial charge on any atom is -0.509 e. The number of aliphatic hydroxyl groups excluding tert-OH is 1. The molecule has 1 aromatic heterocycles. The van der Waals surface area contributed by atoms with Crippen LogP contribution in [0.1, 0.15) is 25.1 Å². The SMILES string of the molecule is N=C1C(c2nc3ccc(N4CCCCC4)cc3[nH]2)=C(O)CN1c1ccc(F)c(Cl)c1. The standard InChI is InChI=1S/C22H21ClFN5O/c23-15-10-14(4-6-16(15)24)29-12-19(30)20(21(29)25)22-26-17-7-5-13(11-18(17)27-22)28-8-2-1-3-9-28/h4-7,10-11,25,30H,1-3,8-9,12H2,(H,26,27). The Morgan fingerprint density at radius 1 is 1.07 bits per heavy atom. The van der Waals surface area contributed by atoms with Crippen molar-refractivity contribution < 1.29 is 9.50 Å². The van der Waals surface area contributed by atoms with Crippen molar-refractivity contribution in [1.82, 2.24) is 9.97 Å². The van der Waals surface area contributed by atoms with Crippen LogP contribution in [0.3, 0.4) is 0 Å². The van der Waals surface area contributed by atoms with Crippen molar-refractivity contribution in [2.75, 3.05) is 29.4 Å². The number of piperidine rings is 1. The van der Waals surface area contributed by atoms with Crippen molar-refractivity contribution in [2.24, 2.45) is 0 Å². The van der Waals surface area contributed by atoms with Gasteiger partial charge >= 0.3 is 0 Å². The van der Waals surface area contributed by atoms with Gasteiger partial charge in [0, 0.05) is 24.5 Å². The lowest BCUT2D eigenvalue weighted by Crippen LogP contribution is -2.29. The first-order valence-corrected chi connectivity index (χ1v) is 10.4. The highest BCUT2D eigenvalue weighted by molar-refractivity contribution is 6.32. The zero-order valence-electron chi connectivity index (χ0n) is 16.3. The second-order valence-electron chi connectivity index (χ2n) is 7.69. The van der Waals surface area contributed by atoms with Gasteiger partial charge in [-0.2, -0.15) is 0 Å². The van der Waals surface area contributed by atoms with Crippen LogP contribution >= 0.6 is 11.6 Å². The van der Waals surface area contributed by atoms with E-state index >= 15 is 0 Å². The zero-order chi connectivity index (χ0) is 20.8. The fraction of sp³-hybridized carbons (Fsp3) is 0.273. The van der Waals surface area contributed by atoms with Gasteiger partial charge in [0.1, 0.15) is 23.2 Å². The number of aromatic nitrogens is 2. The van der Waals surface area contributed by atoms with Crippen LogP contribution in [0.4, 0.5) is 15.8 Å². The maximum Gasteiger partial charge on any atom is 0.145 e. The van der Waals surface area contributed by atoms with Crippen LogP contribution in [0, 0.1) is 11.2 Å². The van der Waals surface area contributed by atoms with E-state index in [4.69, 9.17) is 17.0 Å². The Balaban J connectivity index is 1.46. The summed E-state index contributed by atoms with van der Waals surface area (Å²) in [5, 5.41) is 19.1. The number of amidine groups is 1. The maximum absolute atomic E-state index is 13.5. The molecule has 0 atom stereocenters. The first-order chi connectivity index (χ1) is 14.5. The molecule has 0 radical (unpaired) electrons. The van der Waals surface area contributed by atoms with Gasteiger partial charge in [-0.1, -0.05) is 11.6 Å². The molecule has 0 aliphatic carbocycles. The quantitative estimate of drug-likeness (QED) is 0.544. The predicted molar refractivity (Wildman–Crippen MR) is 118 cm³/mol. The molecule has 6 nitrogen and oxygen atoms in total. The molecular formula is C22H21ClFN5O. The summed E-state index contributed by atoms with van der Waals surface area (Å²) in [5.74, 6) is 0.0468. The molecule has 1 fully saturated rings. The molecule has 2 aliphatic heterocycles. The van der Waals surface area contributed by atoms with E-state index in [1.54, 1.807) is 4.90 Å². The molecule has 0 spiro atoms. The number of hydrogen-bond donors (Lipinski definition) is 3. The molecule has 2 aromatic carbocycles. The van der Waals surface area contributed by atoms with E-state index in [2.05, 4.69) is 27.0 Å². The van der Waals surface area contributed by atoms with Crippen LogP contribution in [0.25, 0.3) is 16.6 Å². The molecule has 1 saturated heterocycles. The van der Waals surface area contributed by atoms with Crippen molar-refractivity contribution in [3.05, 3.63) is 58.8 Å². The average Bonchev–Trinajstić information content (AvgIpc) is 3.29. The number of imidazole rings is 1. The number of rotatable bonds is 3. The molecule has 3 N–H and O–H groups in total. The molecule has 30 heavy (non-hydrogen) atoms. The summed E-state index contributed by atoms with van der Waals surface area (Å²) in [6, 6.07) is 10.3. The van der Waals surface area contributed by atoms with E-state index in [1.807, 2.05) is 6.07 Å². The average molecular weight is 426 g/mol. The lowest BCUT2D eigenvalue weighted by Gasteiger charge is -2.28. The Hall–Kier alpha value is -3.06. The highest BCUT2D eigenvalue weighted by atomic mass is 35.5. The summed E-state index contributed by atoms with van der Waals surface area (Å²) in [7, 11) is 0. The van der Waals surface area contributed by atoms with E-state index < -0.39 is 5.82 Å². The number of hydrogen-bond acceptors (Lipinski definition) is 4. The molecular weight excluding hydrogens is 405 g/mol. The molecule has 0 unspecified atom stereocenters. The Bertz CT molecular complexity index is 1180. The van der Waals surface area contributed by atoms with Crippen LogP contribution in [-0.4, -0.2) is 40.5 Å². The highest BCUT2D eigenvalue weighted by Gasteiger charge is 2.31. The van der Waals surface area contributed by atoms with Crippen LogP contribution in [-0.2, 0) is 0 Å². The fourth-order valence-corrected chi connectivity index (χ4v) is 4.34. The van der Waals surface area contributed by atoms with Crippen LogP contribution in [0.2, 0.25) is 5.02 Å². The third-order valence-electron chi connectivity index (χ3n) is 5.74. The lowest BCUT2D eigenvalue weighted by molar-refractivity contribution is 0.411. The predicted octanol–water partition coefficient (Wildman–Crippen LogP) is 5.11. The number of nitrogens with zero attached hydrogens (tertiary/aromatic N) is 3. The molecule has 0 bridgehead atoms. The molecule has 5 rings (SSSR count). The second-order valence-corrected chi connectivity index (χ2v) is 8.10. The molecule has 8 heteroatoms. The number of nitrogens with one attached hydrogen (secondary N) is 2. The van der Waals surface area contributed by atoms with E-state index in [1.165, 1.54) is 37.5 Å². The summed E-state index contributed by atoms with van der Waals surface area (Å²) in [4.78, 5) is 11.8. The number of H-pyrrole nitrogens is 1. The first kappa shape index (κ1) is 18.9. The van der Waals surface area contributed by atoms with E-state index in [0.29, 0.717) is 17.1 Å². The lowest BCUT2D eigenvalue weighted by atomic mass is 10.1. The van der Waals surface area contributed by atoms with Crippen molar-refractivity contribution in [3.8, 4) is 0 Å². The van der Waals surface area contributed by atoms with Crippen LogP contribution in [0.15, 0.2) is 42.2 Å². The number of aliphatic hydroxyl groups is 1. The Labute approximate surface area is 178 Å². The minimum atomic E-state index is -0.523. The molecule has 2 aliphatic rings. The van der Waals surface area contributed by atoms with E-state index in [0.717, 1.165) is 29.8 Å². The number of fused-ring (bicyclic) bond motifs is 1. The summed E-state index contributed by atoms with van der Waals surface area (Å²) >= 11 is 5.89. The summed E-state index contributed by atoms with van der Waals surface area (Å²) in [5.41, 5.74) is 3.67. The molecule has 154 valence electrons. The topological polar surface area (TPSA) is 79.2 Å². The monoisotopic (exact) mass is 425 g/mol. The normalized spacial score (nSPS) is 17.5. The van der Waals surface area contributed by atoms with Crippen LogP contribution in [0.5, 0.6) is 0 Å². The Kier molecular flexibility index (Phi) is 4.62. The van der Waals surface area contributed by atoms with E-state index in [9.17, 15) is 9.50 Å². The molecule has 3 heterocycles. The third-order valence-corrected chi connectivity index (χ3v) is 6.03. The summed E-state index contributed by atoms with van der Waals surface area (Å²) in [6.07, 6.45) is 3.68. The van der Waals surface area contributed by atoms with Gasteiger partial charge in [0.2, 0.25) is 0 Å². The van der Waals surface area contributed by atoms with Gasteiger partial charge in [0.25, 0.3) is 0 Å². The van der Waals surface area contributed by atoms with E-state index in [-0.39, 0.29) is 23.2 Å². The van der Waals surface area contributed by atoms with Gasteiger partial charge in [0.05, 0.1) is 28.2 Å². The number of halogens is 2. The van der Waals surface area contributed by atoms with Gasteiger partial charge in [-0.3, -0.25) is 5.41 Å². The number of anilines is 2. The summed E-state index contributed by atoms with van der Waals surface area (Å²) in [6.45, 7) is 2.21. The van der Waals surface area contributed by atoms with Gasteiger partial charge in [-0.05, 0) is 55.7 Å². The van der Waals surface area contributed by atoms with Crippen molar-refractivity contribution in [3.63, 3.8) is 0 Å². The maximum atomic E-state index is 13.5. The highest BCUT2D eigenvalue weighted by Crippen LogP contribution is 2.33. The van der Waals surface area contributed by atoms with Gasteiger partial charge in [-0.25, -0.2) is 9.37 Å². The van der Waals surface area contributed by atoms with Crippen molar-refractivity contribution in [1.29, 1.82) is 5.41 Å². The van der Waals surface area contributed by atoms with Crippen molar-refractivity contribution in [2.45, 2.75) is 19.3 Å². The Morgan fingerprint density at radius 3 is 2.60 bits per heavy atom. The first-order valence-electron chi connectivity index (χ1n) is 10.00. The molecule has 3 aromatic rings. The second kappa shape index (κ2) is 7.32. The fourth-order valence-electron chi connectivity index (χ4n) is 4.17. The number of benzene rings is 2. The zero-order valence-corrected chi connectivity index (χ0v) is 17.0. The van der Waals surface area contributed by atoms with Crippen LogP contribution < -0.4 is 9.80 Å².